The van der Waals surface area contributed by atoms with Crippen LogP contribution in [0.2, 0.25) is 0 Å². The molecule has 7 nitrogen and oxygen atoms in total. The first-order valence-electron chi connectivity index (χ1n) is 11.2. The number of carbonyl (C=O) groups excluding carboxylic acids is 3. The summed E-state index contributed by atoms with van der Waals surface area (Å²) in [5, 5.41) is 0. The SMILES string of the molecule is COc1ccc(CN2C(=O)[C@H](N3C(=O)c4ccccc4C3=O)[C@@H]2C=Cc2ccccc2)c(OC)c1. The number of hydrogen-bond acceptors (Lipinski definition) is 5. The molecule has 7 heteroatoms. The van der Waals surface area contributed by atoms with Crippen LogP contribution in [-0.2, 0) is 11.3 Å². The molecule has 2 atom stereocenters. The van der Waals surface area contributed by atoms with E-state index in [4.69, 9.17) is 9.47 Å². The van der Waals surface area contributed by atoms with Crippen molar-refractivity contribution in [2.45, 2.75) is 18.6 Å². The minimum atomic E-state index is -0.911. The maximum absolute atomic E-state index is 13.4. The third kappa shape index (κ3) is 3.85. The Morgan fingerprint density at radius 3 is 2.11 bits per heavy atom. The predicted molar refractivity (Wildman–Crippen MR) is 130 cm³/mol. The summed E-state index contributed by atoms with van der Waals surface area (Å²) < 4.78 is 10.8. The molecule has 1 fully saturated rings. The Hall–Kier alpha value is -4.39. The molecule has 176 valence electrons. The summed E-state index contributed by atoms with van der Waals surface area (Å²) in [5.41, 5.74) is 2.40. The van der Waals surface area contributed by atoms with Crippen molar-refractivity contribution >= 4 is 23.8 Å². The highest BCUT2D eigenvalue weighted by Crippen LogP contribution is 2.36. The summed E-state index contributed by atoms with van der Waals surface area (Å²) in [6, 6.07) is 20.3. The van der Waals surface area contributed by atoms with Crippen molar-refractivity contribution in [1.29, 1.82) is 0 Å². The first-order chi connectivity index (χ1) is 17.0. The third-order valence-corrected chi connectivity index (χ3v) is 6.44. The van der Waals surface area contributed by atoms with Gasteiger partial charge in [0.1, 0.15) is 17.5 Å². The van der Waals surface area contributed by atoms with E-state index in [0.29, 0.717) is 22.6 Å². The van der Waals surface area contributed by atoms with Gasteiger partial charge < -0.3 is 14.4 Å². The van der Waals surface area contributed by atoms with E-state index in [-0.39, 0.29) is 12.5 Å². The van der Waals surface area contributed by atoms with E-state index in [1.165, 1.54) is 0 Å². The van der Waals surface area contributed by atoms with Gasteiger partial charge in [0.25, 0.3) is 11.8 Å². The number of ether oxygens (including phenoxy) is 2. The van der Waals surface area contributed by atoms with E-state index in [9.17, 15) is 14.4 Å². The molecule has 2 aliphatic rings. The van der Waals surface area contributed by atoms with Gasteiger partial charge in [-0.15, -0.1) is 0 Å². The van der Waals surface area contributed by atoms with Gasteiger partial charge in [0.2, 0.25) is 5.91 Å². The lowest BCUT2D eigenvalue weighted by Gasteiger charge is -2.48. The molecule has 5 rings (SSSR count). The highest BCUT2D eigenvalue weighted by atomic mass is 16.5. The average molecular weight is 469 g/mol. The van der Waals surface area contributed by atoms with E-state index in [1.54, 1.807) is 55.5 Å². The summed E-state index contributed by atoms with van der Waals surface area (Å²) in [5.74, 6) is 0.0599. The molecule has 0 spiro atoms. The summed E-state index contributed by atoms with van der Waals surface area (Å²) >= 11 is 0. The molecule has 0 unspecified atom stereocenters. The maximum atomic E-state index is 13.4. The molecule has 3 aromatic carbocycles. The molecule has 0 bridgehead atoms. The number of methoxy groups -OCH3 is 2. The van der Waals surface area contributed by atoms with Gasteiger partial charge in [-0.1, -0.05) is 54.6 Å². The number of benzene rings is 3. The molecule has 3 aromatic rings. The Morgan fingerprint density at radius 1 is 0.829 bits per heavy atom. The van der Waals surface area contributed by atoms with E-state index in [0.717, 1.165) is 16.0 Å². The number of rotatable bonds is 7. The van der Waals surface area contributed by atoms with Crippen molar-refractivity contribution < 1.29 is 23.9 Å². The first-order valence-corrected chi connectivity index (χ1v) is 11.2. The number of imide groups is 1. The lowest BCUT2D eigenvalue weighted by molar-refractivity contribution is -0.153. The highest BCUT2D eigenvalue weighted by Gasteiger charge is 2.55. The topological polar surface area (TPSA) is 76.2 Å². The minimum Gasteiger partial charge on any atom is -0.497 e. The van der Waals surface area contributed by atoms with Crippen molar-refractivity contribution in [3.63, 3.8) is 0 Å². The van der Waals surface area contributed by atoms with E-state index in [2.05, 4.69) is 0 Å². The van der Waals surface area contributed by atoms with Gasteiger partial charge in [-0.3, -0.25) is 19.3 Å². The zero-order chi connectivity index (χ0) is 24.5. The summed E-state index contributed by atoms with van der Waals surface area (Å²) in [4.78, 5) is 42.4. The van der Waals surface area contributed by atoms with Crippen molar-refractivity contribution in [1.82, 2.24) is 9.80 Å². The molecule has 0 radical (unpaired) electrons. The second-order valence-electron chi connectivity index (χ2n) is 8.38. The smallest absolute Gasteiger partial charge is 0.262 e. The fourth-order valence-electron chi connectivity index (χ4n) is 4.61. The normalized spacial score (nSPS) is 19.2. The molecule has 2 aliphatic heterocycles. The molecule has 2 heterocycles. The lowest BCUT2D eigenvalue weighted by Crippen LogP contribution is -2.70. The standard InChI is InChI=1S/C28H24N2O5/c1-34-20-14-13-19(24(16-20)35-2)17-29-23(15-12-18-8-4-3-5-9-18)25(28(29)33)30-26(31)21-10-6-7-11-22(21)27(30)32/h3-16,23,25H,17H2,1-2H3/t23-,25+/m0/s1. The minimum absolute atomic E-state index is 0.259. The number of carbonyl (C=O) groups is 3. The number of nitrogens with zero attached hydrogens (tertiary/aromatic N) is 2. The second kappa shape index (κ2) is 9.10. The van der Waals surface area contributed by atoms with E-state index < -0.39 is 23.9 Å². The van der Waals surface area contributed by atoms with Crippen LogP contribution in [0.25, 0.3) is 6.08 Å². The maximum Gasteiger partial charge on any atom is 0.262 e. The fraction of sp³-hybridized carbons (Fsp3) is 0.179. The number of likely N-dealkylation sites (tertiary alicyclic amines) is 1. The predicted octanol–water partition coefficient (Wildman–Crippen LogP) is 3.79. The van der Waals surface area contributed by atoms with Crippen LogP contribution in [-0.4, -0.2) is 53.8 Å². The third-order valence-electron chi connectivity index (χ3n) is 6.44. The summed E-state index contributed by atoms with van der Waals surface area (Å²) in [7, 11) is 3.13. The number of amides is 3. The highest BCUT2D eigenvalue weighted by molar-refractivity contribution is 6.23. The van der Waals surface area contributed by atoms with Crippen LogP contribution < -0.4 is 9.47 Å². The second-order valence-corrected chi connectivity index (χ2v) is 8.38. The molecule has 1 saturated heterocycles. The van der Waals surface area contributed by atoms with Gasteiger partial charge >= 0.3 is 0 Å². The molecule has 0 aliphatic carbocycles. The average Bonchev–Trinajstić information content (AvgIpc) is 3.15. The Labute approximate surface area is 203 Å². The van der Waals surface area contributed by atoms with Crippen molar-refractivity contribution in [2.24, 2.45) is 0 Å². The van der Waals surface area contributed by atoms with Crippen LogP contribution in [0.1, 0.15) is 31.8 Å². The molecule has 3 amide bonds. The summed E-state index contributed by atoms with van der Waals surface area (Å²) in [6.07, 6.45) is 3.78. The first kappa shape index (κ1) is 22.4. The molecule has 0 aromatic heterocycles. The quantitative estimate of drug-likeness (QED) is 0.390. The van der Waals surface area contributed by atoms with Crippen LogP contribution in [0.5, 0.6) is 11.5 Å². The number of fused-ring (bicyclic) bond motifs is 1. The largest absolute Gasteiger partial charge is 0.497 e. The van der Waals surface area contributed by atoms with Crippen LogP contribution in [0, 0.1) is 0 Å². The van der Waals surface area contributed by atoms with Crippen LogP contribution in [0.3, 0.4) is 0 Å². The van der Waals surface area contributed by atoms with Crippen LogP contribution >= 0.6 is 0 Å². The Kier molecular flexibility index (Phi) is 5.82. The van der Waals surface area contributed by atoms with Crippen molar-refractivity contribution in [3.05, 3.63) is 101 Å². The van der Waals surface area contributed by atoms with Gasteiger partial charge in [0.15, 0.2) is 0 Å². The van der Waals surface area contributed by atoms with Gasteiger partial charge in [0.05, 0.1) is 37.9 Å². The molecular formula is C28H24N2O5. The monoisotopic (exact) mass is 468 g/mol. The number of hydrogen-bond donors (Lipinski definition) is 0. The Bertz CT molecular complexity index is 1300. The van der Waals surface area contributed by atoms with E-state index >= 15 is 0 Å². The van der Waals surface area contributed by atoms with Crippen molar-refractivity contribution in [2.75, 3.05) is 14.2 Å². The lowest BCUT2D eigenvalue weighted by atomic mass is 9.91. The molecule has 35 heavy (non-hydrogen) atoms. The van der Waals surface area contributed by atoms with E-state index in [1.807, 2.05) is 48.6 Å². The van der Waals surface area contributed by atoms with Crippen LogP contribution in [0.15, 0.2) is 78.9 Å². The van der Waals surface area contributed by atoms with Crippen LogP contribution in [0.4, 0.5) is 0 Å². The van der Waals surface area contributed by atoms with Gasteiger partial charge in [0, 0.05) is 11.6 Å². The molecule has 0 saturated carbocycles. The van der Waals surface area contributed by atoms with Crippen molar-refractivity contribution in [3.8, 4) is 11.5 Å². The van der Waals surface area contributed by atoms with Gasteiger partial charge in [-0.25, -0.2) is 0 Å². The Morgan fingerprint density at radius 2 is 1.49 bits per heavy atom. The fourth-order valence-corrected chi connectivity index (χ4v) is 4.61. The zero-order valence-electron chi connectivity index (χ0n) is 19.4. The molecular weight excluding hydrogens is 444 g/mol. The van der Waals surface area contributed by atoms with Gasteiger partial charge in [-0.05, 0) is 29.8 Å². The summed E-state index contributed by atoms with van der Waals surface area (Å²) in [6.45, 7) is 0.259. The molecule has 0 N–H and O–H groups in total. The zero-order valence-corrected chi connectivity index (χ0v) is 19.4. The van der Waals surface area contributed by atoms with Gasteiger partial charge in [-0.2, -0.15) is 0 Å². The Balaban J connectivity index is 1.48. The number of β-lactam (4-membered cyclic amide) rings is 1.